The molecule has 1 aromatic rings. The molecule has 1 atom stereocenters. The molecule has 0 heterocycles. The minimum absolute atomic E-state index is 0.0360. The molecule has 0 saturated carbocycles. The van der Waals surface area contributed by atoms with E-state index in [0.29, 0.717) is 6.54 Å². The third-order valence-electron chi connectivity index (χ3n) is 3.41. The highest BCUT2D eigenvalue weighted by Crippen LogP contribution is 2.09. The zero-order valence-corrected chi connectivity index (χ0v) is 14.4. The summed E-state index contributed by atoms with van der Waals surface area (Å²) in [7, 11) is 1.89. The van der Waals surface area contributed by atoms with Gasteiger partial charge in [-0.25, -0.2) is 0 Å². The minimum Gasteiger partial charge on any atom is -0.346 e. The molecule has 0 saturated heterocycles. The van der Waals surface area contributed by atoms with Gasteiger partial charge in [0.15, 0.2) is 0 Å². The molecule has 0 radical (unpaired) electrons. The molecule has 6 heteroatoms. The summed E-state index contributed by atoms with van der Waals surface area (Å²) in [5.41, 5.74) is 1.86. The Kier molecular flexibility index (Phi) is 8.29. The van der Waals surface area contributed by atoms with E-state index in [9.17, 15) is 9.59 Å². The molecule has 4 N–H and O–H groups in total. The lowest BCUT2D eigenvalue weighted by Crippen LogP contribution is -2.49. The van der Waals surface area contributed by atoms with E-state index < -0.39 is 0 Å². The summed E-state index contributed by atoms with van der Waals surface area (Å²) in [6.07, 6.45) is 0. The minimum atomic E-state index is -0.284. The number of nitrogens with one attached hydrogen (secondary N) is 4. The van der Waals surface area contributed by atoms with Gasteiger partial charge in [0.2, 0.25) is 11.8 Å². The molecular weight excluding hydrogens is 292 g/mol. The number of likely N-dealkylation sites (N-methyl/N-ethyl adjacent to an activating group) is 1. The second-order valence-electron chi connectivity index (χ2n) is 5.77. The Bertz CT molecular complexity index is 500. The lowest BCUT2D eigenvalue weighted by molar-refractivity contribution is -0.126. The van der Waals surface area contributed by atoms with Gasteiger partial charge in [0.05, 0.1) is 12.6 Å². The van der Waals surface area contributed by atoms with Gasteiger partial charge < -0.3 is 21.3 Å². The van der Waals surface area contributed by atoms with Crippen molar-refractivity contribution in [2.75, 3.05) is 25.5 Å². The smallest absolute Gasteiger partial charge is 0.243 e. The Balaban J connectivity index is 2.45. The highest BCUT2D eigenvalue weighted by molar-refractivity contribution is 5.95. The summed E-state index contributed by atoms with van der Waals surface area (Å²) < 4.78 is 0. The van der Waals surface area contributed by atoms with Crippen molar-refractivity contribution < 1.29 is 9.59 Å². The molecule has 6 nitrogen and oxygen atoms in total. The Morgan fingerprint density at radius 3 is 2.30 bits per heavy atom. The first-order chi connectivity index (χ1) is 11.0. The van der Waals surface area contributed by atoms with Crippen molar-refractivity contribution in [1.29, 1.82) is 0 Å². The van der Waals surface area contributed by atoms with E-state index in [1.165, 1.54) is 0 Å². The normalized spacial score (nSPS) is 12.0. The third-order valence-corrected chi connectivity index (χ3v) is 3.41. The maximum atomic E-state index is 12.1. The fourth-order valence-corrected chi connectivity index (χ4v) is 2.24. The first-order valence-corrected chi connectivity index (χ1v) is 8.02. The van der Waals surface area contributed by atoms with E-state index in [1.54, 1.807) is 0 Å². The van der Waals surface area contributed by atoms with Crippen LogP contribution in [0.2, 0.25) is 0 Å². The fraction of sp³-hybridized carbons (Fsp3) is 0.529. The molecule has 0 spiro atoms. The van der Waals surface area contributed by atoms with Gasteiger partial charge in [-0.15, -0.1) is 0 Å². The number of anilines is 1. The van der Waals surface area contributed by atoms with Crippen molar-refractivity contribution >= 4 is 17.5 Å². The van der Waals surface area contributed by atoms with Gasteiger partial charge in [-0.1, -0.05) is 32.9 Å². The van der Waals surface area contributed by atoms with Gasteiger partial charge in [-0.3, -0.25) is 9.59 Å². The van der Waals surface area contributed by atoms with Gasteiger partial charge >= 0.3 is 0 Å². The summed E-state index contributed by atoms with van der Waals surface area (Å²) in [6.45, 7) is 7.35. The van der Waals surface area contributed by atoms with E-state index in [1.807, 2.05) is 52.1 Å². The largest absolute Gasteiger partial charge is 0.346 e. The summed E-state index contributed by atoms with van der Waals surface area (Å²) in [5.74, 6) is -0.224. The van der Waals surface area contributed by atoms with Crippen LogP contribution in [0.4, 0.5) is 5.69 Å². The van der Waals surface area contributed by atoms with Crippen LogP contribution >= 0.6 is 0 Å². The van der Waals surface area contributed by atoms with Gasteiger partial charge in [-0.05, 0) is 37.2 Å². The van der Waals surface area contributed by atoms with Crippen LogP contribution in [0.15, 0.2) is 24.3 Å². The van der Waals surface area contributed by atoms with E-state index >= 15 is 0 Å². The lowest BCUT2D eigenvalue weighted by Gasteiger charge is -2.20. The van der Waals surface area contributed by atoms with Crippen LogP contribution in [-0.2, 0) is 16.1 Å². The van der Waals surface area contributed by atoms with Gasteiger partial charge in [0.25, 0.3) is 0 Å². The SMILES string of the molecule is CCN[C@H](C(=O)NCC(=O)Nc1ccc(CNC)cc1)C(C)C. The number of rotatable bonds is 9. The zero-order chi connectivity index (χ0) is 17.2. The van der Waals surface area contributed by atoms with Gasteiger partial charge in [0, 0.05) is 12.2 Å². The fourth-order valence-electron chi connectivity index (χ4n) is 2.24. The molecular formula is C17H28N4O2. The maximum Gasteiger partial charge on any atom is 0.243 e. The third kappa shape index (κ3) is 6.80. The summed E-state index contributed by atoms with van der Waals surface area (Å²) in [4.78, 5) is 24.0. The van der Waals surface area contributed by atoms with Crippen LogP contribution in [0, 0.1) is 5.92 Å². The molecule has 1 rings (SSSR count). The average molecular weight is 320 g/mol. The summed E-state index contributed by atoms with van der Waals surface area (Å²) in [6, 6.07) is 7.31. The predicted octanol–water partition coefficient (Wildman–Crippen LogP) is 1.09. The van der Waals surface area contributed by atoms with Crippen molar-refractivity contribution in [2.45, 2.75) is 33.4 Å². The molecule has 0 unspecified atom stereocenters. The molecule has 0 aliphatic rings. The van der Waals surface area contributed by atoms with E-state index in [4.69, 9.17) is 0 Å². The van der Waals surface area contributed by atoms with Gasteiger partial charge in [-0.2, -0.15) is 0 Å². The lowest BCUT2D eigenvalue weighted by atomic mass is 10.0. The first-order valence-electron chi connectivity index (χ1n) is 8.02. The van der Waals surface area contributed by atoms with Crippen LogP contribution in [0.25, 0.3) is 0 Å². The number of carbonyl (C=O) groups is 2. The Morgan fingerprint density at radius 2 is 1.78 bits per heavy atom. The zero-order valence-electron chi connectivity index (χ0n) is 14.4. The van der Waals surface area contributed by atoms with Crippen molar-refractivity contribution in [3.63, 3.8) is 0 Å². The quantitative estimate of drug-likeness (QED) is 0.549. The topological polar surface area (TPSA) is 82.3 Å². The van der Waals surface area contributed by atoms with Crippen LogP contribution in [0.5, 0.6) is 0 Å². The average Bonchev–Trinajstić information content (AvgIpc) is 2.52. The van der Waals surface area contributed by atoms with Crippen molar-refractivity contribution in [3.8, 4) is 0 Å². The highest BCUT2D eigenvalue weighted by Gasteiger charge is 2.21. The molecule has 0 aliphatic heterocycles. The Hall–Kier alpha value is -1.92. The summed E-state index contributed by atoms with van der Waals surface area (Å²) in [5, 5.41) is 11.6. The number of hydrogen-bond donors (Lipinski definition) is 4. The molecule has 2 amide bonds. The van der Waals surface area contributed by atoms with Crippen LogP contribution < -0.4 is 21.3 Å². The van der Waals surface area contributed by atoms with Crippen LogP contribution in [0.1, 0.15) is 26.3 Å². The molecule has 0 bridgehead atoms. The van der Waals surface area contributed by atoms with E-state index in [0.717, 1.165) is 17.8 Å². The van der Waals surface area contributed by atoms with Gasteiger partial charge in [0.1, 0.15) is 0 Å². The van der Waals surface area contributed by atoms with E-state index in [-0.39, 0.29) is 30.3 Å². The van der Waals surface area contributed by atoms with Crippen molar-refractivity contribution in [2.24, 2.45) is 5.92 Å². The molecule has 128 valence electrons. The second-order valence-corrected chi connectivity index (χ2v) is 5.77. The van der Waals surface area contributed by atoms with Crippen LogP contribution in [-0.4, -0.2) is 38.0 Å². The number of carbonyl (C=O) groups excluding carboxylic acids is 2. The molecule has 0 aromatic heterocycles. The molecule has 1 aromatic carbocycles. The number of benzene rings is 1. The summed E-state index contributed by atoms with van der Waals surface area (Å²) >= 11 is 0. The molecule has 0 aliphatic carbocycles. The Morgan fingerprint density at radius 1 is 1.13 bits per heavy atom. The molecule has 0 fully saturated rings. The van der Waals surface area contributed by atoms with Crippen molar-refractivity contribution in [1.82, 2.24) is 16.0 Å². The monoisotopic (exact) mass is 320 g/mol. The Labute approximate surface area is 138 Å². The number of hydrogen-bond acceptors (Lipinski definition) is 4. The first kappa shape index (κ1) is 19.1. The predicted molar refractivity (Wildman–Crippen MR) is 93.1 cm³/mol. The highest BCUT2D eigenvalue weighted by atomic mass is 16.2. The number of amides is 2. The second kappa shape index (κ2) is 9.97. The van der Waals surface area contributed by atoms with E-state index in [2.05, 4.69) is 21.3 Å². The standard InChI is InChI=1S/C17H28N4O2/c1-5-19-16(12(2)3)17(23)20-11-15(22)21-14-8-6-13(7-9-14)10-18-4/h6-9,12,16,18-19H,5,10-11H2,1-4H3,(H,20,23)(H,21,22)/t16-/m0/s1. The van der Waals surface area contributed by atoms with Crippen molar-refractivity contribution in [3.05, 3.63) is 29.8 Å². The maximum absolute atomic E-state index is 12.1. The van der Waals surface area contributed by atoms with Crippen LogP contribution in [0.3, 0.4) is 0 Å². The molecule has 23 heavy (non-hydrogen) atoms.